The fraction of sp³-hybridized carbons (Fsp3) is 0.533. The maximum Gasteiger partial charge on any atom is 0.240 e. The molecule has 0 spiro atoms. The van der Waals surface area contributed by atoms with Crippen molar-refractivity contribution in [3.63, 3.8) is 0 Å². The van der Waals surface area contributed by atoms with Crippen molar-refractivity contribution in [3.8, 4) is 0 Å². The minimum atomic E-state index is -3.63. The molecule has 0 bridgehead atoms. The van der Waals surface area contributed by atoms with E-state index in [9.17, 15) is 13.2 Å². The smallest absolute Gasteiger partial charge is 0.240 e. The molecular weight excluding hydrogens is 324 g/mol. The molecule has 1 amide bonds. The normalized spacial score (nSPS) is 16.4. The molecule has 1 aromatic carbocycles. The van der Waals surface area contributed by atoms with Gasteiger partial charge in [-0.15, -0.1) is 0 Å². The second kappa shape index (κ2) is 7.94. The summed E-state index contributed by atoms with van der Waals surface area (Å²) in [7, 11) is -3.63. The van der Waals surface area contributed by atoms with Gasteiger partial charge in [0.1, 0.15) is 0 Å². The lowest BCUT2D eigenvalue weighted by molar-refractivity contribution is -0.121. The van der Waals surface area contributed by atoms with E-state index in [-0.39, 0.29) is 29.8 Å². The second-order valence-electron chi connectivity index (χ2n) is 5.51. The Morgan fingerprint density at radius 1 is 1.23 bits per heavy atom. The molecule has 1 aliphatic rings. The molecule has 0 atom stereocenters. The standard InChI is InChI=1S/C15H21ClN2O3S/c16-12-5-4-8-14(11-12)22(20,21)17-10-9-15(19)18-13-6-2-1-3-7-13/h4-5,8,11,13,17H,1-3,6-7,9-10H2,(H,18,19). The largest absolute Gasteiger partial charge is 0.353 e. The molecule has 2 rings (SSSR count). The quantitative estimate of drug-likeness (QED) is 0.832. The van der Waals surface area contributed by atoms with Crippen molar-refractivity contribution in [2.45, 2.75) is 49.5 Å². The molecule has 0 aromatic heterocycles. The Bertz CT molecular complexity index is 613. The number of carbonyl (C=O) groups excluding carboxylic acids is 1. The van der Waals surface area contributed by atoms with E-state index in [0.29, 0.717) is 5.02 Å². The van der Waals surface area contributed by atoms with E-state index in [1.807, 2.05) is 0 Å². The number of hydrogen-bond acceptors (Lipinski definition) is 3. The molecule has 7 heteroatoms. The summed E-state index contributed by atoms with van der Waals surface area (Å²) in [6.45, 7) is 0.0768. The molecule has 122 valence electrons. The number of hydrogen-bond donors (Lipinski definition) is 2. The molecule has 0 aliphatic heterocycles. The first-order chi connectivity index (χ1) is 10.5. The summed E-state index contributed by atoms with van der Waals surface area (Å²) >= 11 is 5.79. The number of halogens is 1. The molecule has 0 saturated heterocycles. The summed E-state index contributed by atoms with van der Waals surface area (Å²) in [6, 6.07) is 6.28. The summed E-state index contributed by atoms with van der Waals surface area (Å²) in [5, 5.41) is 3.32. The maximum absolute atomic E-state index is 12.1. The highest BCUT2D eigenvalue weighted by Crippen LogP contribution is 2.17. The van der Waals surface area contributed by atoms with Gasteiger partial charge in [-0.1, -0.05) is 36.9 Å². The Balaban J connectivity index is 1.78. The van der Waals surface area contributed by atoms with Crippen molar-refractivity contribution < 1.29 is 13.2 Å². The summed E-state index contributed by atoms with van der Waals surface area (Å²) in [4.78, 5) is 11.9. The van der Waals surface area contributed by atoms with Gasteiger partial charge in [0.15, 0.2) is 0 Å². The molecule has 1 aromatic rings. The molecule has 1 aliphatic carbocycles. The Morgan fingerprint density at radius 2 is 1.95 bits per heavy atom. The van der Waals surface area contributed by atoms with Gasteiger partial charge < -0.3 is 5.32 Å². The van der Waals surface area contributed by atoms with Crippen LogP contribution < -0.4 is 10.0 Å². The van der Waals surface area contributed by atoms with Crippen LogP contribution in [0.3, 0.4) is 0 Å². The second-order valence-corrected chi connectivity index (χ2v) is 7.71. The van der Waals surface area contributed by atoms with E-state index in [2.05, 4.69) is 10.0 Å². The molecule has 0 unspecified atom stereocenters. The molecule has 0 radical (unpaired) electrons. The molecule has 5 nitrogen and oxygen atoms in total. The molecule has 1 fully saturated rings. The number of rotatable bonds is 6. The lowest BCUT2D eigenvalue weighted by Gasteiger charge is -2.22. The minimum Gasteiger partial charge on any atom is -0.353 e. The highest BCUT2D eigenvalue weighted by molar-refractivity contribution is 7.89. The van der Waals surface area contributed by atoms with Crippen LogP contribution in [-0.2, 0) is 14.8 Å². The van der Waals surface area contributed by atoms with Gasteiger partial charge in [-0.2, -0.15) is 0 Å². The van der Waals surface area contributed by atoms with Crippen LogP contribution >= 0.6 is 11.6 Å². The average molecular weight is 345 g/mol. The fourth-order valence-corrected chi connectivity index (χ4v) is 3.90. The van der Waals surface area contributed by atoms with Gasteiger partial charge in [-0.3, -0.25) is 4.79 Å². The minimum absolute atomic E-state index is 0.0768. The summed E-state index contributed by atoms with van der Waals surface area (Å²) in [5.74, 6) is -0.110. The summed E-state index contributed by atoms with van der Waals surface area (Å²) < 4.78 is 26.5. The van der Waals surface area contributed by atoms with Gasteiger partial charge in [0, 0.05) is 24.0 Å². The zero-order valence-corrected chi connectivity index (χ0v) is 13.9. The van der Waals surface area contributed by atoms with Crippen LogP contribution in [0.25, 0.3) is 0 Å². The summed E-state index contributed by atoms with van der Waals surface area (Å²) in [5.41, 5.74) is 0. The Kier molecular flexibility index (Phi) is 6.23. The van der Waals surface area contributed by atoms with E-state index < -0.39 is 10.0 Å². The van der Waals surface area contributed by atoms with Crippen LogP contribution in [0.15, 0.2) is 29.2 Å². The summed E-state index contributed by atoms with van der Waals surface area (Å²) in [6.07, 6.45) is 5.68. The van der Waals surface area contributed by atoms with Crippen LogP contribution in [-0.4, -0.2) is 26.9 Å². The van der Waals surface area contributed by atoms with Crippen LogP contribution in [0.4, 0.5) is 0 Å². The third kappa shape index (κ3) is 5.26. The number of sulfonamides is 1. The monoisotopic (exact) mass is 344 g/mol. The first kappa shape index (κ1) is 17.2. The fourth-order valence-electron chi connectivity index (χ4n) is 2.56. The Labute approximate surface area is 136 Å². The van der Waals surface area contributed by atoms with Gasteiger partial charge in [0.2, 0.25) is 15.9 Å². The zero-order chi connectivity index (χ0) is 16.0. The van der Waals surface area contributed by atoms with Gasteiger partial charge in [-0.25, -0.2) is 13.1 Å². The van der Waals surface area contributed by atoms with E-state index in [4.69, 9.17) is 11.6 Å². The predicted molar refractivity (Wildman–Crippen MR) is 86.3 cm³/mol. The molecular formula is C15H21ClN2O3S. The first-order valence-electron chi connectivity index (χ1n) is 7.52. The average Bonchev–Trinajstić information content (AvgIpc) is 2.48. The van der Waals surface area contributed by atoms with Crippen molar-refractivity contribution in [1.82, 2.24) is 10.0 Å². The van der Waals surface area contributed by atoms with Crippen molar-refractivity contribution >= 4 is 27.5 Å². The number of carbonyl (C=O) groups is 1. The van der Waals surface area contributed by atoms with Crippen LogP contribution in [0.5, 0.6) is 0 Å². The van der Waals surface area contributed by atoms with Crippen molar-refractivity contribution in [2.24, 2.45) is 0 Å². The van der Waals surface area contributed by atoms with E-state index in [1.54, 1.807) is 12.1 Å². The van der Waals surface area contributed by atoms with Gasteiger partial charge >= 0.3 is 0 Å². The molecule has 2 N–H and O–H groups in total. The third-order valence-corrected chi connectivity index (χ3v) is 5.41. The highest BCUT2D eigenvalue weighted by atomic mass is 35.5. The topological polar surface area (TPSA) is 75.3 Å². The van der Waals surface area contributed by atoms with Crippen LogP contribution in [0.1, 0.15) is 38.5 Å². The highest BCUT2D eigenvalue weighted by Gasteiger charge is 2.17. The van der Waals surface area contributed by atoms with Crippen molar-refractivity contribution in [1.29, 1.82) is 0 Å². The van der Waals surface area contributed by atoms with Gasteiger partial charge in [-0.05, 0) is 31.0 Å². The lowest BCUT2D eigenvalue weighted by Crippen LogP contribution is -2.38. The maximum atomic E-state index is 12.1. The van der Waals surface area contributed by atoms with E-state index in [1.165, 1.54) is 18.6 Å². The zero-order valence-electron chi connectivity index (χ0n) is 12.3. The molecule has 22 heavy (non-hydrogen) atoms. The number of amides is 1. The van der Waals surface area contributed by atoms with Gasteiger partial charge in [0.05, 0.1) is 4.90 Å². The predicted octanol–water partition coefficient (Wildman–Crippen LogP) is 2.46. The van der Waals surface area contributed by atoms with Crippen molar-refractivity contribution in [3.05, 3.63) is 29.3 Å². The lowest BCUT2D eigenvalue weighted by atomic mass is 9.95. The van der Waals surface area contributed by atoms with E-state index in [0.717, 1.165) is 25.7 Å². The van der Waals surface area contributed by atoms with E-state index >= 15 is 0 Å². The SMILES string of the molecule is O=C(CCNS(=O)(=O)c1cccc(Cl)c1)NC1CCCCC1. The van der Waals surface area contributed by atoms with Crippen LogP contribution in [0, 0.1) is 0 Å². The Hall–Kier alpha value is -1.11. The number of benzene rings is 1. The van der Waals surface area contributed by atoms with Crippen LogP contribution in [0.2, 0.25) is 5.02 Å². The van der Waals surface area contributed by atoms with Gasteiger partial charge in [0.25, 0.3) is 0 Å². The third-order valence-electron chi connectivity index (χ3n) is 3.72. The molecule has 1 saturated carbocycles. The molecule has 0 heterocycles. The first-order valence-corrected chi connectivity index (χ1v) is 9.38. The number of nitrogens with one attached hydrogen (secondary N) is 2. The van der Waals surface area contributed by atoms with Crippen molar-refractivity contribution in [2.75, 3.05) is 6.54 Å². The Morgan fingerprint density at radius 3 is 2.64 bits per heavy atom.